The molecule has 0 bridgehead atoms. The van der Waals surface area contributed by atoms with Crippen molar-refractivity contribution in [3.05, 3.63) is 53.7 Å². The number of carbonyl (C=O) groups is 1. The molecule has 0 radical (unpaired) electrons. The minimum atomic E-state index is -3.50. The Kier molecular flexibility index (Phi) is 4.14. The van der Waals surface area contributed by atoms with Gasteiger partial charge in [-0.15, -0.1) is 0 Å². The van der Waals surface area contributed by atoms with E-state index in [1.54, 1.807) is 12.1 Å². The molecule has 1 fully saturated rings. The highest BCUT2D eigenvalue weighted by Gasteiger charge is 2.27. The zero-order valence-electron chi connectivity index (χ0n) is 12.6. The lowest BCUT2D eigenvalue weighted by Crippen LogP contribution is -2.25. The Morgan fingerprint density at radius 1 is 1.13 bits per heavy atom. The van der Waals surface area contributed by atoms with E-state index in [0.29, 0.717) is 11.4 Å². The van der Waals surface area contributed by atoms with E-state index in [2.05, 4.69) is 15.0 Å². The van der Waals surface area contributed by atoms with Gasteiger partial charge < -0.3 is 5.32 Å². The zero-order valence-corrected chi connectivity index (χ0v) is 13.4. The summed E-state index contributed by atoms with van der Waals surface area (Å²) in [5.74, 6) is 0.129. The number of pyridine rings is 1. The van der Waals surface area contributed by atoms with Crippen molar-refractivity contribution >= 4 is 21.7 Å². The van der Waals surface area contributed by atoms with Gasteiger partial charge in [0, 0.05) is 17.3 Å². The Morgan fingerprint density at radius 3 is 2.43 bits per heavy atom. The van der Waals surface area contributed by atoms with E-state index in [1.807, 2.05) is 13.0 Å². The van der Waals surface area contributed by atoms with Crippen LogP contribution in [0, 0.1) is 6.92 Å². The summed E-state index contributed by atoms with van der Waals surface area (Å²) < 4.78 is 26.7. The molecule has 1 saturated carbocycles. The van der Waals surface area contributed by atoms with Gasteiger partial charge in [-0.05, 0) is 56.2 Å². The number of rotatable bonds is 5. The molecule has 0 atom stereocenters. The van der Waals surface area contributed by atoms with Crippen molar-refractivity contribution in [2.24, 2.45) is 0 Å². The van der Waals surface area contributed by atoms with Crippen LogP contribution in [-0.4, -0.2) is 25.4 Å². The average molecular weight is 331 g/mol. The molecule has 1 amide bonds. The average Bonchev–Trinajstić information content (AvgIpc) is 3.30. The molecule has 6 nitrogen and oxygen atoms in total. The molecular formula is C16H17N3O3S. The maximum absolute atomic E-state index is 12.2. The number of aromatic nitrogens is 1. The first kappa shape index (κ1) is 15.6. The number of nitrogens with one attached hydrogen (secondary N) is 2. The summed E-state index contributed by atoms with van der Waals surface area (Å²) in [6.45, 7) is 1.84. The fourth-order valence-electron chi connectivity index (χ4n) is 2.08. The highest BCUT2D eigenvalue weighted by Crippen LogP contribution is 2.22. The Bertz CT molecular complexity index is 828. The molecule has 3 rings (SSSR count). The number of benzene rings is 1. The topological polar surface area (TPSA) is 88.2 Å². The molecule has 23 heavy (non-hydrogen) atoms. The molecule has 7 heteroatoms. The summed E-state index contributed by atoms with van der Waals surface area (Å²) in [4.78, 5) is 16.5. The van der Waals surface area contributed by atoms with Crippen molar-refractivity contribution in [2.45, 2.75) is 30.7 Å². The maximum Gasteiger partial charge on any atom is 0.256 e. The van der Waals surface area contributed by atoms with Gasteiger partial charge in [0.25, 0.3) is 5.91 Å². The lowest BCUT2D eigenvalue weighted by atomic mass is 10.2. The number of carbonyl (C=O) groups excluding carboxylic acids is 1. The number of nitrogens with zero attached hydrogens (tertiary/aromatic N) is 1. The van der Waals surface area contributed by atoms with Crippen LogP contribution in [0.1, 0.15) is 28.9 Å². The van der Waals surface area contributed by atoms with Crippen LogP contribution in [0.25, 0.3) is 0 Å². The second kappa shape index (κ2) is 6.10. The Hall–Kier alpha value is -2.25. The molecule has 1 aromatic heterocycles. The first-order valence-corrected chi connectivity index (χ1v) is 8.80. The summed E-state index contributed by atoms with van der Waals surface area (Å²) >= 11 is 0. The van der Waals surface area contributed by atoms with Gasteiger partial charge >= 0.3 is 0 Å². The van der Waals surface area contributed by atoms with Crippen LogP contribution in [0.2, 0.25) is 0 Å². The molecular weight excluding hydrogens is 314 g/mol. The van der Waals surface area contributed by atoms with Crippen molar-refractivity contribution in [2.75, 3.05) is 5.32 Å². The minimum absolute atomic E-state index is 0.0513. The third-order valence-electron chi connectivity index (χ3n) is 3.46. The molecule has 0 unspecified atom stereocenters. The van der Waals surface area contributed by atoms with Gasteiger partial charge in [-0.1, -0.05) is 6.07 Å². The molecule has 0 saturated heterocycles. The van der Waals surface area contributed by atoms with Gasteiger partial charge in [-0.25, -0.2) is 18.1 Å². The molecule has 1 heterocycles. The Balaban J connectivity index is 1.72. The van der Waals surface area contributed by atoms with Crippen LogP contribution in [0.5, 0.6) is 0 Å². The number of amides is 1. The van der Waals surface area contributed by atoms with Gasteiger partial charge in [0.05, 0.1) is 4.90 Å². The van der Waals surface area contributed by atoms with Gasteiger partial charge in [0.1, 0.15) is 5.82 Å². The molecule has 1 aliphatic carbocycles. The molecule has 0 spiro atoms. The number of aryl methyl sites for hydroxylation is 1. The molecule has 2 N–H and O–H groups in total. The Labute approximate surface area is 135 Å². The van der Waals surface area contributed by atoms with E-state index < -0.39 is 10.0 Å². The smallest absolute Gasteiger partial charge is 0.256 e. The third-order valence-corrected chi connectivity index (χ3v) is 4.99. The Morgan fingerprint density at radius 2 is 1.83 bits per heavy atom. The van der Waals surface area contributed by atoms with Crippen molar-refractivity contribution in [1.82, 2.24) is 9.71 Å². The lowest BCUT2D eigenvalue weighted by Gasteiger charge is -2.07. The van der Waals surface area contributed by atoms with E-state index in [1.165, 1.54) is 24.3 Å². The van der Waals surface area contributed by atoms with Crippen molar-refractivity contribution in [3.63, 3.8) is 0 Å². The van der Waals surface area contributed by atoms with E-state index in [0.717, 1.165) is 18.5 Å². The molecule has 1 aliphatic rings. The van der Waals surface area contributed by atoms with Crippen molar-refractivity contribution in [1.29, 1.82) is 0 Å². The highest BCUT2D eigenvalue weighted by molar-refractivity contribution is 7.89. The van der Waals surface area contributed by atoms with Crippen molar-refractivity contribution in [3.8, 4) is 0 Å². The van der Waals surface area contributed by atoms with Crippen LogP contribution >= 0.6 is 0 Å². The van der Waals surface area contributed by atoms with E-state index in [4.69, 9.17) is 0 Å². The molecule has 120 valence electrons. The fourth-order valence-corrected chi connectivity index (χ4v) is 3.38. The van der Waals surface area contributed by atoms with E-state index in [-0.39, 0.29) is 16.8 Å². The van der Waals surface area contributed by atoms with Crippen LogP contribution in [0.3, 0.4) is 0 Å². The van der Waals surface area contributed by atoms with Crippen molar-refractivity contribution < 1.29 is 13.2 Å². The summed E-state index contributed by atoms with van der Waals surface area (Å²) in [6, 6.07) is 11.2. The largest absolute Gasteiger partial charge is 0.307 e. The summed E-state index contributed by atoms with van der Waals surface area (Å²) in [6.07, 6.45) is 1.76. The van der Waals surface area contributed by atoms with Crippen LogP contribution in [-0.2, 0) is 10.0 Å². The number of anilines is 1. The van der Waals surface area contributed by atoms with E-state index >= 15 is 0 Å². The highest BCUT2D eigenvalue weighted by atomic mass is 32.2. The quantitative estimate of drug-likeness (QED) is 0.878. The summed E-state index contributed by atoms with van der Waals surface area (Å²) in [5.41, 5.74) is 1.18. The second-order valence-electron chi connectivity index (χ2n) is 5.54. The van der Waals surface area contributed by atoms with E-state index in [9.17, 15) is 13.2 Å². The number of hydrogen-bond acceptors (Lipinski definition) is 4. The first-order chi connectivity index (χ1) is 10.9. The SMILES string of the molecule is Cc1cccc(NC(=O)c2ccc(S(=O)(=O)NC3CC3)cc2)n1. The molecule has 1 aromatic carbocycles. The van der Waals surface area contributed by atoms with Crippen LogP contribution < -0.4 is 10.0 Å². The summed E-state index contributed by atoms with van der Waals surface area (Å²) in [7, 11) is -3.50. The third kappa shape index (κ3) is 3.94. The minimum Gasteiger partial charge on any atom is -0.307 e. The fraction of sp³-hybridized carbons (Fsp3) is 0.250. The van der Waals surface area contributed by atoms with Crippen LogP contribution in [0.4, 0.5) is 5.82 Å². The first-order valence-electron chi connectivity index (χ1n) is 7.31. The van der Waals surface area contributed by atoms with Crippen LogP contribution in [0.15, 0.2) is 47.4 Å². The maximum atomic E-state index is 12.2. The van der Waals surface area contributed by atoms with Gasteiger partial charge in [0.2, 0.25) is 10.0 Å². The van der Waals surface area contributed by atoms with Gasteiger partial charge in [-0.2, -0.15) is 0 Å². The normalized spacial score (nSPS) is 14.5. The zero-order chi connectivity index (χ0) is 16.4. The van der Waals surface area contributed by atoms with Gasteiger partial charge in [0.15, 0.2) is 0 Å². The lowest BCUT2D eigenvalue weighted by molar-refractivity contribution is 0.102. The number of sulfonamides is 1. The predicted molar refractivity (Wildman–Crippen MR) is 86.7 cm³/mol. The molecule has 2 aromatic rings. The number of hydrogen-bond donors (Lipinski definition) is 2. The van der Waals surface area contributed by atoms with Gasteiger partial charge in [-0.3, -0.25) is 4.79 Å². The standard InChI is InChI=1S/C16H17N3O3S/c1-11-3-2-4-15(17-11)18-16(20)12-5-9-14(10-6-12)23(21,22)19-13-7-8-13/h2-6,9-10,13,19H,7-8H2,1H3,(H,17,18,20). The molecule has 0 aliphatic heterocycles. The monoisotopic (exact) mass is 331 g/mol. The second-order valence-corrected chi connectivity index (χ2v) is 7.25. The summed E-state index contributed by atoms with van der Waals surface area (Å²) in [5, 5.41) is 2.68. The predicted octanol–water partition coefficient (Wildman–Crippen LogP) is 2.08.